The van der Waals surface area contributed by atoms with E-state index in [1.807, 2.05) is 0 Å². The Morgan fingerprint density at radius 3 is 2.41 bits per heavy atom. The number of carbonyl (C=O) groups is 1. The molecule has 0 saturated carbocycles. The molecule has 0 bridgehead atoms. The Morgan fingerprint density at radius 1 is 1.07 bits per heavy atom. The number of alkyl halides is 6. The minimum atomic E-state index is -4.96. The summed E-state index contributed by atoms with van der Waals surface area (Å²) in [5.74, 6) is -2.02. The predicted molar refractivity (Wildman–Crippen MR) is 130 cm³/mol. The summed E-state index contributed by atoms with van der Waals surface area (Å²) in [4.78, 5) is 32.8. The van der Waals surface area contributed by atoms with E-state index in [1.165, 1.54) is 24.3 Å². The second-order valence-corrected chi connectivity index (χ2v) is 8.89. The van der Waals surface area contributed by atoms with Crippen molar-refractivity contribution in [2.45, 2.75) is 31.5 Å². The van der Waals surface area contributed by atoms with Crippen molar-refractivity contribution in [2.24, 2.45) is 0 Å². The molecular formula is C23H19ClF6N8O3. The lowest BCUT2D eigenvalue weighted by Crippen LogP contribution is -2.50. The normalized spacial score (nSPS) is 12.9. The number of benzene rings is 1. The fourth-order valence-corrected chi connectivity index (χ4v) is 3.83. The predicted octanol–water partition coefficient (Wildman–Crippen LogP) is 3.10. The molecule has 4 aromatic rings. The molecule has 18 heteroatoms. The van der Waals surface area contributed by atoms with Gasteiger partial charge >= 0.3 is 18.0 Å². The number of ether oxygens (including phenoxy) is 1. The van der Waals surface area contributed by atoms with Crippen molar-refractivity contribution < 1.29 is 35.9 Å². The average molecular weight is 605 g/mol. The number of methoxy groups -OCH3 is 1. The number of nitrogens with one attached hydrogen (secondary N) is 1. The van der Waals surface area contributed by atoms with Crippen molar-refractivity contribution in [1.29, 1.82) is 0 Å². The lowest BCUT2D eigenvalue weighted by molar-refractivity contribution is -0.165. The first-order valence-corrected chi connectivity index (χ1v) is 11.9. The van der Waals surface area contributed by atoms with Gasteiger partial charge < -0.3 is 10.1 Å². The first kappa shape index (κ1) is 29.7. The van der Waals surface area contributed by atoms with Crippen LogP contribution < -0.4 is 11.0 Å². The van der Waals surface area contributed by atoms with E-state index in [0.717, 1.165) is 41.1 Å². The third kappa shape index (κ3) is 6.91. The van der Waals surface area contributed by atoms with E-state index in [1.54, 1.807) is 5.32 Å². The number of amides is 1. The van der Waals surface area contributed by atoms with E-state index >= 15 is 0 Å². The average Bonchev–Trinajstić information content (AvgIpc) is 3.48. The Kier molecular flexibility index (Phi) is 8.48. The van der Waals surface area contributed by atoms with Gasteiger partial charge in [-0.3, -0.25) is 9.36 Å². The minimum Gasteiger partial charge on any atom is -0.375 e. The largest absolute Gasteiger partial charge is 0.420 e. The number of rotatable bonds is 9. The third-order valence-electron chi connectivity index (χ3n) is 5.54. The zero-order valence-corrected chi connectivity index (χ0v) is 21.6. The maximum absolute atomic E-state index is 13.8. The summed E-state index contributed by atoms with van der Waals surface area (Å²) in [5, 5.41) is 10.2. The van der Waals surface area contributed by atoms with E-state index in [2.05, 4.69) is 24.9 Å². The molecule has 11 nitrogen and oxygen atoms in total. The van der Waals surface area contributed by atoms with Crippen molar-refractivity contribution >= 4 is 17.5 Å². The van der Waals surface area contributed by atoms with Gasteiger partial charge in [0.1, 0.15) is 31.1 Å². The van der Waals surface area contributed by atoms with Crippen LogP contribution in [0.1, 0.15) is 11.4 Å². The smallest absolute Gasteiger partial charge is 0.375 e. The summed E-state index contributed by atoms with van der Waals surface area (Å²) in [6, 6.07) is 5.11. The van der Waals surface area contributed by atoms with Gasteiger partial charge in [-0.05, 0) is 36.4 Å². The molecule has 1 atom stereocenters. The minimum absolute atomic E-state index is 0.182. The molecule has 218 valence electrons. The van der Waals surface area contributed by atoms with Gasteiger partial charge in [0, 0.05) is 23.9 Å². The van der Waals surface area contributed by atoms with Gasteiger partial charge in [-0.25, -0.2) is 24.1 Å². The molecule has 0 saturated heterocycles. The Bertz CT molecular complexity index is 1580. The van der Waals surface area contributed by atoms with Crippen LogP contribution in [0.25, 0.3) is 17.2 Å². The van der Waals surface area contributed by atoms with Crippen LogP contribution in [0.2, 0.25) is 5.02 Å². The van der Waals surface area contributed by atoms with Gasteiger partial charge in [0.2, 0.25) is 5.91 Å². The number of halogens is 7. The van der Waals surface area contributed by atoms with Crippen LogP contribution in [0.3, 0.4) is 0 Å². The first-order valence-electron chi connectivity index (χ1n) is 11.5. The molecule has 1 aromatic carbocycles. The van der Waals surface area contributed by atoms with Crippen LogP contribution in [0.4, 0.5) is 26.3 Å². The lowest BCUT2D eigenvalue weighted by atomic mass is 10.2. The molecule has 0 fully saturated rings. The summed E-state index contributed by atoms with van der Waals surface area (Å²) < 4.78 is 88.5. The van der Waals surface area contributed by atoms with Gasteiger partial charge in [-0.15, -0.1) is 10.2 Å². The highest BCUT2D eigenvalue weighted by atomic mass is 35.5. The number of aromatic nitrogens is 7. The van der Waals surface area contributed by atoms with Crippen LogP contribution in [0.15, 0.2) is 53.7 Å². The fraction of sp³-hybridized carbons (Fsp3) is 0.304. The number of nitrogens with zero attached hydrogens (tertiary/aromatic N) is 7. The molecular weight excluding hydrogens is 586 g/mol. The summed E-state index contributed by atoms with van der Waals surface area (Å²) >= 11 is 5.91. The Balaban J connectivity index is 1.72. The molecule has 0 radical (unpaired) electrons. The van der Waals surface area contributed by atoms with Crippen molar-refractivity contribution in [3.63, 3.8) is 0 Å². The maximum atomic E-state index is 13.8. The molecule has 3 aromatic heterocycles. The molecule has 41 heavy (non-hydrogen) atoms. The number of pyridine rings is 1. The van der Waals surface area contributed by atoms with Gasteiger partial charge in [0.05, 0.1) is 6.54 Å². The van der Waals surface area contributed by atoms with Crippen LogP contribution in [0.5, 0.6) is 0 Å². The van der Waals surface area contributed by atoms with Crippen LogP contribution in [-0.4, -0.2) is 65.9 Å². The fourth-order valence-electron chi connectivity index (χ4n) is 3.71. The molecule has 4 rings (SSSR count). The Hall–Kier alpha value is -4.25. The molecule has 3 heterocycles. The second kappa shape index (κ2) is 11.7. The standard InChI is InChI=1S/C23H19ClF6N8O3/c1-41-11-18(39)33-16(23(28,29)30)9-36-19(13-4-6-14(24)7-5-13)35-37(21(36)40)10-17-32-12-38(34-17)20-15(22(25,26)27)3-2-8-31-20/h2-8,12,16H,9-11H2,1H3,(H,33,39). The number of hydrogen-bond acceptors (Lipinski definition) is 7. The second-order valence-electron chi connectivity index (χ2n) is 8.45. The van der Waals surface area contributed by atoms with E-state index in [0.29, 0.717) is 9.59 Å². The summed E-state index contributed by atoms with van der Waals surface area (Å²) in [5.41, 5.74) is -1.90. The van der Waals surface area contributed by atoms with Gasteiger partial charge in [0.15, 0.2) is 17.5 Å². The topological polar surface area (TPSA) is 122 Å². The monoisotopic (exact) mass is 604 g/mol. The maximum Gasteiger partial charge on any atom is 0.420 e. The van der Waals surface area contributed by atoms with Crippen LogP contribution in [-0.2, 0) is 28.8 Å². The molecule has 0 aliphatic carbocycles. The quantitative estimate of drug-likeness (QED) is 0.291. The highest BCUT2D eigenvalue weighted by Crippen LogP contribution is 2.32. The SMILES string of the molecule is COCC(=O)NC(Cn1c(-c2ccc(Cl)cc2)nn(Cc2ncn(-c3ncccc3C(F)(F)F)n2)c1=O)C(F)(F)F. The van der Waals surface area contributed by atoms with E-state index in [-0.39, 0.29) is 17.2 Å². The summed E-state index contributed by atoms with van der Waals surface area (Å²) in [6.07, 6.45) is -7.63. The lowest BCUT2D eigenvalue weighted by Gasteiger charge is -2.22. The van der Waals surface area contributed by atoms with Crippen molar-refractivity contribution in [1.82, 2.24) is 39.4 Å². The van der Waals surface area contributed by atoms with Crippen molar-refractivity contribution in [3.8, 4) is 17.2 Å². The van der Waals surface area contributed by atoms with E-state index in [4.69, 9.17) is 11.6 Å². The van der Waals surface area contributed by atoms with Gasteiger partial charge in [-0.2, -0.15) is 26.3 Å². The molecule has 1 unspecified atom stereocenters. The van der Waals surface area contributed by atoms with Crippen molar-refractivity contribution in [3.05, 3.63) is 75.8 Å². The van der Waals surface area contributed by atoms with E-state index < -0.39 is 61.1 Å². The van der Waals surface area contributed by atoms with Crippen molar-refractivity contribution in [2.75, 3.05) is 13.7 Å². The van der Waals surface area contributed by atoms with Crippen LogP contribution in [0, 0.1) is 0 Å². The Labute approximate surface area is 231 Å². The Morgan fingerprint density at radius 2 is 1.78 bits per heavy atom. The van der Waals surface area contributed by atoms with E-state index in [9.17, 15) is 35.9 Å². The molecule has 1 amide bonds. The number of carbonyl (C=O) groups excluding carboxylic acids is 1. The summed E-state index contributed by atoms with van der Waals surface area (Å²) in [7, 11) is 1.13. The van der Waals surface area contributed by atoms with Gasteiger partial charge in [0.25, 0.3) is 0 Å². The highest BCUT2D eigenvalue weighted by molar-refractivity contribution is 6.30. The summed E-state index contributed by atoms with van der Waals surface area (Å²) in [6.45, 7) is -2.22. The third-order valence-corrected chi connectivity index (χ3v) is 5.79. The highest BCUT2D eigenvalue weighted by Gasteiger charge is 2.42. The zero-order valence-electron chi connectivity index (χ0n) is 20.8. The van der Waals surface area contributed by atoms with Gasteiger partial charge in [-0.1, -0.05) is 11.6 Å². The molecule has 0 spiro atoms. The molecule has 0 aliphatic heterocycles. The molecule has 1 N–H and O–H groups in total. The first-order chi connectivity index (χ1) is 19.3. The van der Waals surface area contributed by atoms with Crippen LogP contribution >= 0.6 is 11.6 Å². The zero-order chi connectivity index (χ0) is 29.9. The molecule has 0 aliphatic rings. The number of hydrogen-bond donors (Lipinski definition) is 1.